The first-order chi connectivity index (χ1) is 16.0. The van der Waals surface area contributed by atoms with E-state index in [1.165, 1.54) is 6.20 Å². The van der Waals surface area contributed by atoms with E-state index in [9.17, 15) is 4.79 Å². The standard InChI is InChI=1S/C24H23N7O2/c1-16-6-7-18(29-23(32)21-14-27-19(13-28-21)15-31(2)3)11-22(16)33-24-26-10-8-20(30-24)17-5-4-9-25-12-17/h4-14H,15H2,1-3H3,(H,29,32). The Morgan fingerprint density at radius 2 is 1.91 bits per heavy atom. The Bertz CT molecular complexity index is 1250. The lowest BCUT2D eigenvalue weighted by Crippen LogP contribution is -2.16. The normalized spacial score (nSPS) is 10.8. The zero-order chi connectivity index (χ0) is 23.2. The summed E-state index contributed by atoms with van der Waals surface area (Å²) >= 11 is 0. The van der Waals surface area contributed by atoms with Gasteiger partial charge in [0.05, 0.1) is 23.8 Å². The fraction of sp³-hybridized carbons (Fsp3) is 0.167. The Balaban J connectivity index is 1.49. The minimum absolute atomic E-state index is 0.199. The van der Waals surface area contributed by atoms with Crippen molar-refractivity contribution in [2.24, 2.45) is 0 Å². The van der Waals surface area contributed by atoms with Crippen LogP contribution < -0.4 is 10.1 Å². The summed E-state index contributed by atoms with van der Waals surface area (Å²) in [5.74, 6) is 0.173. The van der Waals surface area contributed by atoms with Crippen LogP contribution in [0.4, 0.5) is 5.69 Å². The summed E-state index contributed by atoms with van der Waals surface area (Å²) in [5.41, 5.74) is 4.01. The molecule has 0 saturated heterocycles. The van der Waals surface area contributed by atoms with Gasteiger partial charge in [0.15, 0.2) is 0 Å². The topological polar surface area (TPSA) is 106 Å². The van der Waals surface area contributed by atoms with Gasteiger partial charge in [0.2, 0.25) is 0 Å². The zero-order valence-corrected chi connectivity index (χ0v) is 18.6. The molecule has 1 amide bonds. The molecule has 0 aliphatic heterocycles. The number of aromatic nitrogens is 5. The van der Waals surface area contributed by atoms with Crippen molar-refractivity contribution in [2.45, 2.75) is 13.5 Å². The largest absolute Gasteiger partial charge is 0.424 e. The van der Waals surface area contributed by atoms with Crippen LogP contribution in [0.15, 0.2) is 67.4 Å². The molecule has 1 aromatic carbocycles. The third-order valence-electron chi connectivity index (χ3n) is 4.65. The molecule has 0 bridgehead atoms. The summed E-state index contributed by atoms with van der Waals surface area (Å²) in [4.78, 5) is 35.9. The molecule has 0 spiro atoms. The molecule has 0 unspecified atom stereocenters. The first-order valence-electron chi connectivity index (χ1n) is 10.3. The maximum atomic E-state index is 12.6. The molecule has 1 N–H and O–H groups in total. The van der Waals surface area contributed by atoms with Gasteiger partial charge in [-0.15, -0.1) is 0 Å². The highest BCUT2D eigenvalue weighted by Gasteiger charge is 2.12. The molecular weight excluding hydrogens is 418 g/mol. The minimum atomic E-state index is -0.358. The summed E-state index contributed by atoms with van der Waals surface area (Å²) in [7, 11) is 3.89. The molecule has 166 valence electrons. The molecule has 0 aliphatic carbocycles. The van der Waals surface area contributed by atoms with Crippen LogP contribution in [0.25, 0.3) is 11.3 Å². The number of carbonyl (C=O) groups is 1. The van der Waals surface area contributed by atoms with E-state index in [1.54, 1.807) is 43.0 Å². The molecule has 0 fully saturated rings. The number of carbonyl (C=O) groups excluding carboxylic acids is 1. The molecule has 9 nitrogen and oxygen atoms in total. The second kappa shape index (κ2) is 9.92. The van der Waals surface area contributed by atoms with Crippen molar-refractivity contribution in [2.75, 3.05) is 19.4 Å². The molecular formula is C24H23N7O2. The van der Waals surface area contributed by atoms with Crippen LogP contribution in [0, 0.1) is 6.92 Å². The van der Waals surface area contributed by atoms with Gasteiger partial charge in [0.1, 0.15) is 11.4 Å². The first kappa shape index (κ1) is 22.0. The SMILES string of the molecule is Cc1ccc(NC(=O)c2cnc(CN(C)C)cn2)cc1Oc1nccc(-c2cccnc2)n1. The van der Waals surface area contributed by atoms with Gasteiger partial charge in [0, 0.05) is 42.5 Å². The van der Waals surface area contributed by atoms with Crippen molar-refractivity contribution in [1.29, 1.82) is 0 Å². The molecule has 9 heteroatoms. The van der Waals surface area contributed by atoms with Gasteiger partial charge in [-0.1, -0.05) is 6.07 Å². The summed E-state index contributed by atoms with van der Waals surface area (Å²) in [6.45, 7) is 2.55. The van der Waals surface area contributed by atoms with Gasteiger partial charge in [-0.25, -0.2) is 9.97 Å². The highest BCUT2D eigenvalue weighted by atomic mass is 16.5. The van der Waals surface area contributed by atoms with Crippen molar-refractivity contribution in [3.05, 3.63) is 84.3 Å². The van der Waals surface area contributed by atoms with Gasteiger partial charge in [0.25, 0.3) is 5.91 Å². The van der Waals surface area contributed by atoms with Crippen LogP contribution >= 0.6 is 0 Å². The molecule has 4 aromatic rings. The maximum Gasteiger partial charge on any atom is 0.322 e. The van der Waals surface area contributed by atoms with E-state index >= 15 is 0 Å². The summed E-state index contributed by atoms with van der Waals surface area (Å²) in [6, 6.07) is 11.1. The fourth-order valence-corrected chi connectivity index (χ4v) is 3.02. The number of pyridine rings is 1. The van der Waals surface area contributed by atoms with Crippen molar-refractivity contribution >= 4 is 11.6 Å². The predicted molar refractivity (Wildman–Crippen MR) is 124 cm³/mol. The quantitative estimate of drug-likeness (QED) is 0.462. The molecule has 33 heavy (non-hydrogen) atoms. The van der Waals surface area contributed by atoms with Crippen molar-refractivity contribution < 1.29 is 9.53 Å². The smallest absolute Gasteiger partial charge is 0.322 e. The van der Waals surface area contributed by atoms with Gasteiger partial charge in [-0.2, -0.15) is 4.98 Å². The van der Waals surface area contributed by atoms with Crippen molar-refractivity contribution in [3.8, 4) is 23.0 Å². The van der Waals surface area contributed by atoms with E-state index < -0.39 is 0 Å². The fourth-order valence-electron chi connectivity index (χ4n) is 3.02. The highest BCUT2D eigenvalue weighted by Crippen LogP contribution is 2.27. The number of aryl methyl sites for hydroxylation is 1. The zero-order valence-electron chi connectivity index (χ0n) is 18.6. The molecule has 0 aliphatic rings. The third kappa shape index (κ3) is 5.72. The molecule has 0 atom stereocenters. The van der Waals surface area contributed by atoms with E-state index in [2.05, 4.69) is 30.2 Å². The Labute approximate surface area is 191 Å². The number of hydrogen-bond donors (Lipinski definition) is 1. The average Bonchev–Trinajstić information content (AvgIpc) is 2.82. The maximum absolute atomic E-state index is 12.6. The summed E-state index contributed by atoms with van der Waals surface area (Å²) < 4.78 is 5.93. The lowest BCUT2D eigenvalue weighted by Gasteiger charge is -2.11. The Morgan fingerprint density at radius 3 is 2.64 bits per heavy atom. The number of hydrogen-bond acceptors (Lipinski definition) is 8. The average molecular weight is 441 g/mol. The number of amides is 1. The first-order valence-corrected chi connectivity index (χ1v) is 10.3. The van der Waals surface area contributed by atoms with Crippen LogP contribution in [-0.4, -0.2) is 49.8 Å². The second-order valence-corrected chi connectivity index (χ2v) is 7.63. The van der Waals surface area contributed by atoms with Crippen molar-refractivity contribution in [3.63, 3.8) is 0 Å². The lowest BCUT2D eigenvalue weighted by atomic mass is 10.2. The van der Waals surface area contributed by atoms with Crippen molar-refractivity contribution in [1.82, 2.24) is 29.8 Å². The summed E-state index contributed by atoms with van der Waals surface area (Å²) in [5, 5.41) is 2.83. The van der Waals surface area contributed by atoms with Gasteiger partial charge in [-0.05, 0) is 50.8 Å². The monoisotopic (exact) mass is 441 g/mol. The van der Waals surface area contributed by atoms with E-state index in [1.807, 2.05) is 44.1 Å². The molecule has 0 radical (unpaired) electrons. The van der Waals surface area contributed by atoms with Crippen LogP contribution in [0.5, 0.6) is 11.8 Å². The number of ether oxygens (including phenoxy) is 1. The molecule has 4 rings (SSSR count). The van der Waals surface area contributed by atoms with Crippen LogP contribution in [0.2, 0.25) is 0 Å². The Morgan fingerprint density at radius 1 is 1.03 bits per heavy atom. The molecule has 0 saturated carbocycles. The van der Waals surface area contributed by atoms with E-state index in [4.69, 9.17) is 4.74 Å². The third-order valence-corrected chi connectivity index (χ3v) is 4.65. The summed E-state index contributed by atoms with van der Waals surface area (Å²) in [6.07, 6.45) is 8.13. The van der Waals surface area contributed by atoms with E-state index in [0.29, 0.717) is 23.7 Å². The van der Waals surface area contributed by atoms with Crippen LogP contribution in [0.3, 0.4) is 0 Å². The van der Waals surface area contributed by atoms with E-state index in [0.717, 1.165) is 16.8 Å². The van der Waals surface area contributed by atoms with Gasteiger partial charge >= 0.3 is 6.01 Å². The minimum Gasteiger partial charge on any atom is -0.424 e. The number of anilines is 1. The Kier molecular flexibility index (Phi) is 6.61. The number of nitrogens with one attached hydrogen (secondary N) is 1. The molecule has 3 aromatic heterocycles. The second-order valence-electron chi connectivity index (χ2n) is 7.63. The molecule has 3 heterocycles. The van der Waals surface area contributed by atoms with E-state index in [-0.39, 0.29) is 17.6 Å². The number of benzene rings is 1. The van der Waals surface area contributed by atoms with Gasteiger partial charge < -0.3 is 15.0 Å². The Hall–Kier alpha value is -4.24. The number of rotatable bonds is 7. The number of nitrogens with zero attached hydrogens (tertiary/aromatic N) is 6. The lowest BCUT2D eigenvalue weighted by molar-refractivity contribution is 0.102. The van der Waals surface area contributed by atoms with Crippen LogP contribution in [-0.2, 0) is 6.54 Å². The predicted octanol–water partition coefficient (Wildman–Crippen LogP) is 3.74. The highest BCUT2D eigenvalue weighted by molar-refractivity contribution is 6.02. The van der Waals surface area contributed by atoms with Crippen LogP contribution in [0.1, 0.15) is 21.7 Å². The van der Waals surface area contributed by atoms with Gasteiger partial charge in [-0.3, -0.25) is 14.8 Å².